The van der Waals surface area contributed by atoms with E-state index in [-0.39, 0.29) is 34.6 Å². The van der Waals surface area contributed by atoms with Gasteiger partial charge >= 0.3 is 5.97 Å². The Hall–Kier alpha value is -4.66. The molecule has 39 heavy (non-hydrogen) atoms. The summed E-state index contributed by atoms with van der Waals surface area (Å²) in [5, 5.41) is 15.9. The lowest BCUT2D eigenvalue weighted by Gasteiger charge is -2.31. The van der Waals surface area contributed by atoms with Crippen molar-refractivity contribution in [3.8, 4) is 0 Å². The summed E-state index contributed by atoms with van der Waals surface area (Å²) >= 11 is 0. The first-order valence-electron chi connectivity index (χ1n) is 12.6. The monoisotopic (exact) mass is 527 g/mol. The van der Waals surface area contributed by atoms with Crippen molar-refractivity contribution in [1.29, 1.82) is 0 Å². The van der Waals surface area contributed by atoms with Crippen molar-refractivity contribution < 1.29 is 19.1 Å². The second-order valence-electron chi connectivity index (χ2n) is 10.9. The van der Waals surface area contributed by atoms with E-state index in [1.54, 1.807) is 24.3 Å². The smallest absolute Gasteiger partial charge is 0.337 e. The van der Waals surface area contributed by atoms with E-state index in [0.29, 0.717) is 17.0 Å². The summed E-state index contributed by atoms with van der Waals surface area (Å²) in [7, 11) is 0. The maximum absolute atomic E-state index is 13.7. The van der Waals surface area contributed by atoms with Gasteiger partial charge < -0.3 is 25.1 Å². The number of aryl methyl sites for hydroxylation is 2. The predicted molar refractivity (Wildman–Crippen MR) is 149 cm³/mol. The van der Waals surface area contributed by atoms with Crippen molar-refractivity contribution in [3.63, 3.8) is 0 Å². The topological polar surface area (TPSA) is 129 Å². The Balaban J connectivity index is 1.51. The molecule has 1 atom stereocenters. The molecule has 0 saturated carbocycles. The van der Waals surface area contributed by atoms with Gasteiger partial charge in [-0.25, -0.2) is 4.79 Å². The molecule has 5 rings (SSSR count). The molecule has 0 aliphatic carbocycles. The minimum Gasteiger partial charge on any atom is -0.478 e. The van der Waals surface area contributed by atoms with Gasteiger partial charge in [0.05, 0.1) is 35.1 Å². The zero-order chi connectivity index (χ0) is 28.2. The first kappa shape index (κ1) is 26.0. The molecule has 2 heterocycles. The number of benzene rings is 2. The van der Waals surface area contributed by atoms with Gasteiger partial charge in [0.15, 0.2) is 0 Å². The molecule has 1 aliphatic heterocycles. The first-order chi connectivity index (χ1) is 18.4. The van der Waals surface area contributed by atoms with Crippen molar-refractivity contribution >= 4 is 34.6 Å². The third-order valence-electron chi connectivity index (χ3n) is 7.12. The van der Waals surface area contributed by atoms with Crippen LogP contribution in [-0.4, -0.2) is 17.0 Å². The van der Waals surface area contributed by atoms with Gasteiger partial charge in [0, 0.05) is 0 Å². The second kappa shape index (κ2) is 9.27. The highest BCUT2D eigenvalue weighted by atomic mass is 16.4. The van der Waals surface area contributed by atoms with Crippen LogP contribution < -0.4 is 26.4 Å². The number of rotatable bonds is 7. The van der Waals surface area contributed by atoms with Crippen LogP contribution in [0.4, 0.5) is 22.7 Å². The van der Waals surface area contributed by atoms with Crippen LogP contribution in [0.5, 0.6) is 0 Å². The van der Waals surface area contributed by atoms with Gasteiger partial charge in [0.1, 0.15) is 22.9 Å². The van der Waals surface area contributed by atoms with E-state index in [4.69, 9.17) is 4.42 Å². The Kier molecular flexibility index (Phi) is 6.17. The third kappa shape index (κ3) is 4.39. The number of fused-ring (bicyclic) bond motifs is 1. The number of amides is 1. The fourth-order valence-corrected chi connectivity index (χ4v) is 5.00. The molecular formula is C30H29N3O6. The molecule has 1 amide bonds. The molecule has 3 aromatic carbocycles. The molecule has 0 unspecified atom stereocenters. The summed E-state index contributed by atoms with van der Waals surface area (Å²) in [6, 6.07) is 13.1. The summed E-state index contributed by atoms with van der Waals surface area (Å²) in [5.41, 5.74) is 1.07. The maximum Gasteiger partial charge on any atom is 0.337 e. The van der Waals surface area contributed by atoms with Crippen molar-refractivity contribution in [2.45, 2.75) is 47.2 Å². The number of nitrogens with zero attached hydrogens (tertiary/aromatic N) is 1. The Morgan fingerprint density at radius 2 is 1.67 bits per heavy atom. The molecule has 0 fully saturated rings. The Morgan fingerprint density at radius 1 is 0.974 bits per heavy atom. The second-order valence-corrected chi connectivity index (χ2v) is 10.9. The number of para-hydroxylation sites is 1. The average molecular weight is 528 g/mol. The zero-order valence-corrected chi connectivity index (χ0v) is 22.3. The SMILES string of the molecule is Cc1ccc([C@H](Nc2c(Nc3ccc(C)c4c3C(=O)N(c3ccccc3C(=O)O)C4)c(=O)c2=O)C(C)(C)C)o1. The van der Waals surface area contributed by atoms with E-state index in [1.807, 2.05) is 52.8 Å². The fraction of sp³-hybridized carbons (Fsp3) is 0.267. The van der Waals surface area contributed by atoms with E-state index in [9.17, 15) is 24.3 Å². The summed E-state index contributed by atoms with van der Waals surface area (Å²) in [4.78, 5) is 52.3. The van der Waals surface area contributed by atoms with Crippen molar-refractivity contribution in [3.05, 3.63) is 103 Å². The van der Waals surface area contributed by atoms with Crippen LogP contribution in [-0.2, 0) is 6.54 Å². The van der Waals surface area contributed by atoms with Crippen LogP contribution in [0.3, 0.4) is 0 Å². The molecule has 4 aromatic rings. The highest BCUT2D eigenvalue weighted by molar-refractivity contribution is 6.16. The van der Waals surface area contributed by atoms with Crippen molar-refractivity contribution in [2.24, 2.45) is 5.41 Å². The number of furan rings is 1. The summed E-state index contributed by atoms with van der Waals surface area (Å²) in [5.74, 6) is -0.161. The standard InChI is InChI=1S/C30H29N3O6/c1-15-10-12-19(22-18(15)14-33(28(22)36)20-9-7-6-8-17(20)29(37)38)31-23-24(26(35)25(23)34)32-27(30(3,4)5)21-13-11-16(2)39-21/h6-13,27,31-32H,14H2,1-5H3,(H,37,38)/t27-/m0/s1. The van der Waals surface area contributed by atoms with Crippen LogP contribution >= 0.6 is 0 Å². The number of hydrogen-bond acceptors (Lipinski definition) is 7. The summed E-state index contributed by atoms with van der Waals surface area (Å²) in [6.45, 7) is 9.87. The van der Waals surface area contributed by atoms with Gasteiger partial charge in [-0.3, -0.25) is 14.4 Å². The summed E-state index contributed by atoms with van der Waals surface area (Å²) in [6.07, 6.45) is 0. The number of carboxylic acids is 1. The minimum atomic E-state index is -1.14. The molecule has 3 N–H and O–H groups in total. The van der Waals surface area contributed by atoms with E-state index < -0.39 is 28.8 Å². The van der Waals surface area contributed by atoms with Crippen LogP contribution in [0.1, 0.15) is 70.2 Å². The molecule has 9 nitrogen and oxygen atoms in total. The number of aromatic carboxylic acids is 1. The number of nitrogens with one attached hydrogen (secondary N) is 2. The Morgan fingerprint density at radius 3 is 2.31 bits per heavy atom. The highest BCUT2D eigenvalue weighted by Gasteiger charge is 2.36. The molecule has 9 heteroatoms. The largest absolute Gasteiger partial charge is 0.478 e. The average Bonchev–Trinajstić information content (AvgIpc) is 3.47. The van der Waals surface area contributed by atoms with Crippen LogP contribution in [0, 0.1) is 19.3 Å². The predicted octanol–water partition coefficient (Wildman–Crippen LogP) is 5.29. The van der Waals surface area contributed by atoms with E-state index in [0.717, 1.165) is 16.9 Å². The van der Waals surface area contributed by atoms with E-state index in [2.05, 4.69) is 10.6 Å². The molecule has 0 spiro atoms. The quantitative estimate of drug-likeness (QED) is 0.276. The van der Waals surface area contributed by atoms with Crippen LogP contribution in [0.15, 0.2) is 62.5 Å². The van der Waals surface area contributed by atoms with Crippen LogP contribution in [0.25, 0.3) is 0 Å². The molecule has 1 aromatic heterocycles. The van der Waals surface area contributed by atoms with Gasteiger partial charge in [-0.05, 0) is 60.7 Å². The number of carboxylic acid groups (broad SMARTS) is 1. The van der Waals surface area contributed by atoms with Gasteiger partial charge in [-0.15, -0.1) is 0 Å². The number of carbonyl (C=O) groups excluding carboxylic acids is 1. The number of anilines is 4. The molecule has 0 saturated heterocycles. The third-order valence-corrected chi connectivity index (χ3v) is 7.12. The lowest BCUT2D eigenvalue weighted by Crippen LogP contribution is -2.39. The minimum absolute atomic E-state index is 0.0150. The Labute approximate surface area is 224 Å². The molecular weight excluding hydrogens is 498 g/mol. The Bertz CT molecular complexity index is 1700. The van der Waals surface area contributed by atoms with E-state index >= 15 is 0 Å². The summed E-state index contributed by atoms with van der Waals surface area (Å²) < 4.78 is 5.83. The molecule has 1 aliphatic rings. The van der Waals surface area contributed by atoms with Crippen molar-refractivity contribution in [1.82, 2.24) is 0 Å². The highest BCUT2D eigenvalue weighted by Crippen LogP contribution is 2.40. The molecule has 0 radical (unpaired) electrons. The van der Waals surface area contributed by atoms with E-state index in [1.165, 1.54) is 11.0 Å². The fourth-order valence-electron chi connectivity index (χ4n) is 5.00. The normalized spacial score (nSPS) is 14.0. The van der Waals surface area contributed by atoms with Gasteiger partial charge in [-0.2, -0.15) is 0 Å². The van der Waals surface area contributed by atoms with Crippen LogP contribution in [0.2, 0.25) is 0 Å². The number of carbonyl (C=O) groups is 2. The molecule has 0 bridgehead atoms. The van der Waals surface area contributed by atoms with Crippen molar-refractivity contribution in [2.75, 3.05) is 15.5 Å². The maximum atomic E-state index is 13.7. The van der Waals surface area contributed by atoms with Gasteiger partial charge in [0.25, 0.3) is 16.8 Å². The lowest BCUT2D eigenvalue weighted by atomic mass is 9.85. The lowest BCUT2D eigenvalue weighted by molar-refractivity contribution is 0.0697. The molecule has 200 valence electrons. The number of hydrogen-bond donors (Lipinski definition) is 3. The zero-order valence-electron chi connectivity index (χ0n) is 22.3. The van der Waals surface area contributed by atoms with Gasteiger partial charge in [-0.1, -0.05) is 39.0 Å². The first-order valence-corrected chi connectivity index (χ1v) is 12.6. The van der Waals surface area contributed by atoms with Gasteiger partial charge in [0.2, 0.25) is 0 Å².